The molecule has 0 atom stereocenters. The number of phenols is 1. The van der Waals surface area contributed by atoms with Crippen LogP contribution >= 0.6 is 0 Å². The standard InChI is InChI=1S/C38H49N5O8/c1-4-5-20-39-37(47)18-19-38(48)40-21-8-6-7-9-22-43-26-30(41-42-43)27-51-34-17-13-29(24-36(34)50-3)11-15-32(45)25-31(44)14-10-28-12-16-33(46)35(23-28)49-2/h10-17,23-26,45-46H,4-9,18-22,27H2,1-3H3,(H,39,47)(H,40,48)/b14-10+,15-11+,32-25-. The van der Waals surface area contributed by atoms with Crippen LogP contribution in [0.25, 0.3) is 12.2 Å². The van der Waals surface area contributed by atoms with E-state index in [0.717, 1.165) is 44.6 Å². The summed E-state index contributed by atoms with van der Waals surface area (Å²) in [7, 11) is 2.97. The normalized spacial score (nSPS) is 11.5. The maximum atomic E-state index is 12.3. The van der Waals surface area contributed by atoms with Gasteiger partial charge >= 0.3 is 0 Å². The van der Waals surface area contributed by atoms with Gasteiger partial charge in [0, 0.05) is 38.6 Å². The second-order valence-corrected chi connectivity index (χ2v) is 11.7. The molecule has 0 aliphatic heterocycles. The first kappa shape index (κ1) is 39.8. The molecule has 0 unspecified atom stereocenters. The average molecular weight is 704 g/mol. The van der Waals surface area contributed by atoms with Crippen molar-refractivity contribution in [1.82, 2.24) is 25.6 Å². The van der Waals surface area contributed by atoms with Crippen LogP contribution in [0.3, 0.4) is 0 Å². The quantitative estimate of drug-likeness (QED) is 0.0416. The van der Waals surface area contributed by atoms with Gasteiger partial charge in [0.1, 0.15) is 18.1 Å². The molecule has 0 spiro atoms. The fourth-order valence-electron chi connectivity index (χ4n) is 4.76. The Bertz CT molecular complexity index is 1660. The second-order valence-electron chi connectivity index (χ2n) is 11.7. The molecule has 0 aliphatic carbocycles. The van der Waals surface area contributed by atoms with Crippen LogP contribution in [-0.2, 0) is 27.5 Å². The molecule has 274 valence electrons. The van der Waals surface area contributed by atoms with Crippen LogP contribution in [0.2, 0.25) is 0 Å². The van der Waals surface area contributed by atoms with E-state index in [9.17, 15) is 24.6 Å². The van der Waals surface area contributed by atoms with E-state index >= 15 is 0 Å². The van der Waals surface area contributed by atoms with Crippen LogP contribution in [0, 0.1) is 0 Å². The fourth-order valence-corrected chi connectivity index (χ4v) is 4.76. The number of aliphatic hydroxyl groups excluding tert-OH is 1. The lowest BCUT2D eigenvalue weighted by Gasteiger charge is -2.10. The van der Waals surface area contributed by atoms with Crippen LogP contribution in [0.15, 0.2) is 66.6 Å². The number of aliphatic hydroxyl groups is 1. The van der Waals surface area contributed by atoms with E-state index < -0.39 is 5.78 Å². The lowest BCUT2D eigenvalue weighted by Crippen LogP contribution is -2.28. The van der Waals surface area contributed by atoms with E-state index in [1.165, 1.54) is 32.4 Å². The Morgan fingerprint density at radius 1 is 0.824 bits per heavy atom. The maximum Gasteiger partial charge on any atom is 0.220 e. The van der Waals surface area contributed by atoms with Crippen molar-refractivity contribution < 1.29 is 38.8 Å². The zero-order chi connectivity index (χ0) is 36.8. The van der Waals surface area contributed by atoms with E-state index in [1.54, 1.807) is 47.2 Å². The highest BCUT2D eigenvalue weighted by Crippen LogP contribution is 2.29. The molecule has 1 aromatic heterocycles. The molecule has 0 radical (unpaired) electrons. The van der Waals surface area contributed by atoms with Crippen molar-refractivity contribution in [2.75, 3.05) is 27.3 Å². The molecule has 0 fully saturated rings. The van der Waals surface area contributed by atoms with Gasteiger partial charge < -0.3 is 35.1 Å². The van der Waals surface area contributed by atoms with E-state index in [0.29, 0.717) is 53.7 Å². The minimum Gasteiger partial charge on any atom is -0.508 e. The van der Waals surface area contributed by atoms with Crippen LogP contribution in [0.4, 0.5) is 0 Å². The highest BCUT2D eigenvalue weighted by Gasteiger charge is 2.09. The molecule has 2 amide bonds. The third kappa shape index (κ3) is 15.2. The highest BCUT2D eigenvalue weighted by molar-refractivity contribution is 6.02. The summed E-state index contributed by atoms with van der Waals surface area (Å²) in [5, 5.41) is 34.0. The number of unbranched alkanes of at least 4 members (excludes halogenated alkanes) is 4. The van der Waals surface area contributed by atoms with Gasteiger partial charge in [-0.2, -0.15) is 0 Å². The summed E-state index contributed by atoms with van der Waals surface area (Å²) in [5.74, 6) is 0.468. The molecule has 2 aromatic carbocycles. The number of carbonyl (C=O) groups excluding carboxylic acids is 3. The predicted molar refractivity (Wildman–Crippen MR) is 194 cm³/mol. The molecule has 0 aliphatic rings. The van der Waals surface area contributed by atoms with Crippen molar-refractivity contribution in [2.24, 2.45) is 0 Å². The van der Waals surface area contributed by atoms with Crippen molar-refractivity contribution in [3.63, 3.8) is 0 Å². The number of aromatic hydroxyl groups is 1. The van der Waals surface area contributed by atoms with Crippen molar-refractivity contribution in [1.29, 1.82) is 0 Å². The van der Waals surface area contributed by atoms with E-state index in [1.807, 2.05) is 6.20 Å². The van der Waals surface area contributed by atoms with Crippen LogP contribution in [0.5, 0.6) is 23.0 Å². The molecule has 3 rings (SSSR count). The summed E-state index contributed by atoms with van der Waals surface area (Å²) in [6.07, 6.45) is 15.0. The number of benzene rings is 2. The number of rotatable bonds is 23. The number of nitrogens with zero attached hydrogens (tertiary/aromatic N) is 3. The van der Waals surface area contributed by atoms with Crippen molar-refractivity contribution >= 4 is 29.7 Å². The van der Waals surface area contributed by atoms with Gasteiger partial charge in [-0.3, -0.25) is 19.1 Å². The number of ketones is 1. The first-order valence-corrected chi connectivity index (χ1v) is 17.1. The molecule has 13 heteroatoms. The van der Waals surface area contributed by atoms with Gasteiger partial charge in [0.25, 0.3) is 0 Å². The number of hydrogen-bond acceptors (Lipinski definition) is 10. The largest absolute Gasteiger partial charge is 0.508 e. The SMILES string of the molecule is CCCCNC(=O)CCC(=O)NCCCCCCn1cc(COc2ccc(/C=C/C(O)=C/C(=O)/C=C/c3ccc(O)c(OC)c3)cc2OC)nn1. The first-order valence-electron chi connectivity index (χ1n) is 17.1. The molecule has 0 saturated heterocycles. The summed E-state index contributed by atoms with van der Waals surface area (Å²) in [5.41, 5.74) is 2.04. The first-order chi connectivity index (χ1) is 24.7. The Morgan fingerprint density at radius 3 is 2.18 bits per heavy atom. The third-order valence-corrected chi connectivity index (χ3v) is 7.60. The van der Waals surface area contributed by atoms with Gasteiger partial charge in [-0.05, 0) is 66.8 Å². The average Bonchev–Trinajstić information content (AvgIpc) is 3.59. The smallest absolute Gasteiger partial charge is 0.220 e. The Morgan fingerprint density at radius 2 is 1.47 bits per heavy atom. The van der Waals surface area contributed by atoms with Gasteiger partial charge in [0.05, 0.1) is 20.4 Å². The van der Waals surface area contributed by atoms with Crippen molar-refractivity contribution in [3.8, 4) is 23.0 Å². The minimum absolute atomic E-state index is 0.000738. The van der Waals surface area contributed by atoms with Gasteiger partial charge in [0.15, 0.2) is 28.8 Å². The summed E-state index contributed by atoms with van der Waals surface area (Å²) in [6, 6.07) is 9.98. The Labute approximate surface area is 299 Å². The number of ether oxygens (including phenoxy) is 3. The molecule has 0 saturated carbocycles. The molecule has 1 heterocycles. The third-order valence-electron chi connectivity index (χ3n) is 7.60. The molecule has 4 N–H and O–H groups in total. The lowest BCUT2D eigenvalue weighted by molar-refractivity contribution is -0.126. The summed E-state index contributed by atoms with van der Waals surface area (Å²) in [6.45, 7) is 4.23. The molecule has 3 aromatic rings. The Hall–Kier alpha value is -5.59. The Balaban J connectivity index is 1.36. The summed E-state index contributed by atoms with van der Waals surface area (Å²) in [4.78, 5) is 35.9. The van der Waals surface area contributed by atoms with Gasteiger partial charge in [-0.15, -0.1) is 5.10 Å². The highest BCUT2D eigenvalue weighted by atomic mass is 16.5. The van der Waals surface area contributed by atoms with E-state index in [-0.39, 0.29) is 42.8 Å². The van der Waals surface area contributed by atoms with Gasteiger partial charge in [0.2, 0.25) is 11.8 Å². The van der Waals surface area contributed by atoms with Crippen LogP contribution in [-0.4, -0.2) is 70.1 Å². The van der Waals surface area contributed by atoms with E-state index in [4.69, 9.17) is 14.2 Å². The van der Waals surface area contributed by atoms with Gasteiger partial charge in [-0.1, -0.05) is 55.7 Å². The number of nitrogens with one attached hydrogen (secondary N) is 2. The monoisotopic (exact) mass is 703 g/mol. The Kier molecular flexibility index (Phi) is 17.3. The maximum absolute atomic E-state index is 12.3. The number of hydrogen-bond donors (Lipinski definition) is 4. The fraction of sp³-hybridized carbons (Fsp3) is 0.395. The van der Waals surface area contributed by atoms with Crippen LogP contribution in [0.1, 0.15) is 75.1 Å². The molecule has 51 heavy (non-hydrogen) atoms. The number of methoxy groups -OCH3 is 2. The lowest BCUT2D eigenvalue weighted by atomic mass is 10.1. The zero-order valence-electron chi connectivity index (χ0n) is 29.6. The second kappa shape index (κ2) is 22.2. The number of allylic oxidation sites excluding steroid dienone is 3. The number of phenolic OH excluding ortho intramolecular Hbond substituents is 1. The number of aromatic nitrogens is 3. The molecule has 13 nitrogen and oxygen atoms in total. The summed E-state index contributed by atoms with van der Waals surface area (Å²) >= 11 is 0. The number of aryl methyl sites for hydroxylation is 1. The van der Waals surface area contributed by atoms with Crippen molar-refractivity contribution in [2.45, 2.75) is 71.4 Å². The molecule has 0 bridgehead atoms. The topological polar surface area (TPSA) is 174 Å². The molecular formula is C38H49N5O8. The zero-order valence-corrected chi connectivity index (χ0v) is 29.6. The molecular weight excluding hydrogens is 654 g/mol. The van der Waals surface area contributed by atoms with Gasteiger partial charge in [-0.25, -0.2) is 0 Å². The van der Waals surface area contributed by atoms with Crippen LogP contribution < -0.4 is 24.8 Å². The predicted octanol–water partition coefficient (Wildman–Crippen LogP) is 5.69. The summed E-state index contributed by atoms with van der Waals surface area (Å²) < 4.78 is 18.3. The number of amides is 2. The van der Waals surface area contributed by atoms with Crippen molar-refractivity contribution in [3.05, 3.63) is 83.4 Å². The number of carbonyl (C=O) groups is 3. The minimum atomic E-state index is -0.419. The van der Waals surface area contributed by atoms with E-state index in [2.05, 4.69) is 27.9 Å².